The molecular weight excluding hydrogens is 228 g/mol. The third kappa shape index (κ3) is 3.02. The largest absolute Gasteiger partial charge is 0.387 e. The summed E-state index contributed by atoms with van der Waals surface area (Å²) in [6.45, 7) is 3.85. The Morgan fingerprint density at radius 2 is 2.28 bits per heavy atom. The van der Waals surface area contributed by atoms with Crippen LogP contribution in [-0.4, -0.2) is 43.6 Å². The highest BCUT2D eigenvalue weighted by Gasteiger charge is 2.35. The van der Waals surface area contributed by atoms with E-state index in [9.17, 15) is 5.11 Å². The number of ether oxygens (including phenoxy) is 1. The van der Waals surface area contributed by atoms with E-state index in [1.54, 1.807) is 7.11 Å². The molecule has 1 aliphatic heterocycles. The Balaban J connectivity index is 1.89. The van der Waals surface area contributed by atoms with Crippen molar-refractivity contribution in [3.8, 4) is 0 Å². The Bertz CT molecular complexity index is 368. The molecular formula is C14H22N2O2. The molecule has 0 bridgehead atoms. The van der Waals surface area contributed by atoms with E-state index in [1.165, 1.54) is 5.56 Å². The summed E-state index contributed by atoms with van der Waals surface area (Å²) >= 11 is 0. The van der Waals surface area contributed by atoms with E-state index in [-0.39, 0.29) is 6.04 Å². The summed E-state index contributed by atoms with van der Waals surface area (Å²) in [6.07, 6.45) is 0.870. The van der Waals surface area contributed by atoms with Crippen molar-refractivity contribution in [1.82, 2.24) is 5.32 Å². The van der Waals surface area contributed by atoms with Crippen molar-refractivity contribution in [1.29, 1.82) is 0 Å². The average Bonchev–Trinajstić information content (AvgIpc) is 2.79. The first-order valence-corrected chi connectivity index (χ1v) is 6.40. The van der Waals surface area contributed by atoms with Crippen LogP contribution < -0.4 is 10.6 Å². The van der Waals surface area contributed by atoms with Crippen molar-refractivity contribution < 1.29 is 9.84 Å². The topological polar surface area (TPSA) is 53.5 Å². The fourth-order valence-corrected chi connectivity index (χ4v) is 2.31. The molecule has 1 heterocycles. The van der Waals surface area contributed by atoms with Crippen molar-refractivity contribution in [3.63, 3.8) is 0 Å². The van der Waals surface area contributed by atoms with Crippen LogP contribution in [0.2, 0.25) is 0 Å². The number of fused-ring (bicyclic) bond motifs is 1. The number of anilines is 1. The fourth-order valence-electron chi connectivity index (χ4n) is 2.31. The number of aliphatic hydroxyl groups is 1. The molecule has 18 heavy (non-hydrogen) atoms. The minimum absolute atomic E-state index is 0.0601. The standard InChI is InChI=1S/C14H22N2O2/c1-14(17,10-15-7-8-18-2)13-9-11-5-3-4-6-12(11)16-13/h3-6,13,15-17H,7-10H2,1-2H3. The molecule has 0 radical (unpaired) electrons. The summed E-state index contributed by atoms with van der Waals surface area (Å²) in [5.41, 5.74) is 1.64. The second-order valence-corrected chi connectivity index (χ2v) is 5.08. The van der Waals surface area contributed by atoms with Crippen molar-refractivity contribution in [3.05, 3.63) is 29.8 Å². The molecule has 100 valence electrons. The quantitative estimate of drug-likeness (QED) is 0.660. The number of benzene rings is 1. The molecule has 0 saturated heterocycles. The van der Waals surface area contributed by atoms with Gasteiger partial charge < -0.3 is 20.5 Å². The first-order chi connectivity index (χ1) is 8.63. The van der Waals surface area contributed by atoms with Crippen molar-refractivity contribution in [2.45, 2.75) is 25.0 Å². The van der Waals surface area contributed by atoms with Crippen LogP contribution in [0.25, 0.3) is 0 Å². The first-order valence-electron chi connectivity index (χ1n) is 6.40. The van der Waals surface area contributed by atoms with Gasteiger partial charge in [-0.1, -0.05) is 18.2 Å². The summed E-state index contributed by atoms with van der Waals surface area (Å²) in [5.74, 6) is 0. The van der Waals surface area contributed by atoms with Gasteiger partial charge in [0.1, 0.15) is 0 Å². The molecule has 0 spiro atoms. The zero-order valence-electron chi connectivity index (χ0n) is 11.1. The van der Waals surface area contributed by atoms with Gasteiger partial charge in [-0.15, -0.1) is 0 Å². The predicted octanol–water partition coefficient (Wildman–Crippen LogP) is 1.01. The van der Waals surface area contributed by atoms with Crippen molar-refractivity contribution in [2.75, 3.05) is 32.1 Å². The van der Waals surface area contributed by atoms with E-state index < -0.39 is 5.60 Å². The molecule has 0 amide bonds. The lowest BCUT2D eigenvalue weighted by Crippen LogP contribution is -2.51. The molecule has 2 unspecified atom stereocenters. The molecule has 0 fully saturated rings. The Kier molecular flexibility index (Phi) is 4.22. The molecule has 2 atom stereocenters. The summed E-state index contributed by atoms with van der Waals surface area (Å²) in [6, 6.07) is 8.28. The second kappa shape index (κ2) is 5.69. The van der Waals surface area contributed by atoms with Gasteiger partial charge in [-0.05, 0) is 25.0 Å². The predicted molar refractivity (Wildman–Crippen MR) is 72.9 cm³/mol. The molecule has 0 aliphatic carbocycles. The van der Waals surface area contributed by atoms with E-state index in [0.29, 0.717) is 13.2 Å². The number of rotatable bonds is 6. The number of hydrogen-bond donors (Lipinski definition) is 3. The fraction of sp³-hybridized carbons (Fsp3) is 0.571. The van der Waals surface area contributed by atoms with Gasteiger partial charge in [-0.25, -0.2) is 0 Å². The molecule has 4 heteroatoms. The summed E-state index contributed by atoms with van der Waals surface area (Å²) < 4.78 is 4.97. The Morgan fingerprint density at radius 3 is 3.00 bits per heavy atom. The van der Waals surface area contributed by atoms with E-state index >= 15 is 0 Å². The summed E-state index contributed by atoms with van der Waals surface area (Å²) in [5, 5.41) is 17.1. The zero-order valence-corrected chi connectivity index (χ0v) is 11.1. The van der Waals surface area contributed by atoms with Crippen molar-refractivity contribution in [2.24, 2.45) is 0 Å². The van der Waals surface area contributed by atoms with E-state index in [2.05, 4.69) is 22.8 Å². The zero-order chi connectivity index (χ0) is 13.0. The van der Waals surface area contributed by atoms with Crippen LogP contribution in [0.1, 0.15) is 12.5 Å². The van der Waals surface area contributed by atoms with Gasteiger partial charge in [-0.2, -0.15) is 0 Å². The van der Waals surface area contributed by atoms with Gasteiger partial charge >= 0.3 is 0 Å². The highest BCUT2D eigenvalue weighted by Crippen LogP contribution is 2.30. The summed E-state index contributed by atoms with van der Waals surface area (Å²) in [7, 11) is 1.68. The van der Waals surface area contributed by atoms with Crippen LogP contribution in [0, 0.1) is 0 Å². The highest BCUT2D eigenvalue weighted by molar-refractivity contribution is 5.57. The molecule has 2 rings (SSSR count). The van der Waals surface area contributed by atoms with Gasteiger partial charge in [0.05, 0.1) is 18.2 Å². The van der Waals surface area contributed by atoms with Gasteiger partial charge in [0, 0.05) is 25.9 Å². The SMILES string of the molecule is COCCNCC(C)(O)C1Cc2ccccc2N1. The third-order valence-electron chi connectivity index (χ3n) is 3.49. The minimum Gasteiger partial charge on any atom is -0.387 e. The highest BCUT2D eigenvalue weighted by atomic mass is 16.5. The second-order valence-electron chi connectivity index (χ2n) is 5.08. The lowest BCUT2D eigenvalue weighted by Gasteiger charge is -2.30. The average molecular weight is 250 g/mol. The van der Waals surface area contributed by atoms with Crippen LogP contribution in [0.15, 0.2) is 24.3 Å². The maximum absolute atomic E-state index is 10.5. The Labute approximate surface area is 108 Å². The van der Waals surface area contributed by atoms with Crippen LogP contribution in [0.4, 0.5) is 5.69 Å². The number of nitrogens with one attached hydrogen (secondary N) is 2. The van der Waals surface area contributed by atoms with Gasteiger partial charge in [-0.3, -0.25) is 0 Å². The number of hydrogen-bond acceptors (Lipinski definition) is 4. The van der Waals surface area contributed by atoms with Crippen LogP contribution in [0.5, 0.6) is 0 Å². The van der Waals surface area contributed by atoms with Gasteiger partial charge in [0.25, 0.3) is 0 Å². The Hall–Kier alpha value is -1.10. The van der Waals surface area contributed by atoms with Crippen molar-refractivity contribution >= 4 is 5.69 Å². The first kappa shape index (κ1) is 13.3. The third-order valence-corrected chi connectivity index (χ3v) is 3.49. The maximum atomic E-state index is 10.5. The molecule has 0 saturated carbocycles. The van der Waals surface area contributed by atoms with Gasteiger partial charge in [0.2, 0.25) is 0 Å². The smallest absolute Gasteiger partial charge is 0.0946 e. The van der Waals surface area contributed by atoms with Gasteiger partial charge in [0.15, 0.2) is 0 Å². The molecule has 1 aromatic rings. The van der Waals surface area contributed by atoms with Crippen LogP contribution in [0.3, 0.4) is 0 Å². The molecule has 0 aromatic heterocycles. The molecule has 3 N–H and O–H groups in total. The monoisotopic (exact) mass is 250 g/mol. The van der Waals surface area contributed by atoms with E-state index in [0.717, 1.165) is 18.7 Å². The molecule has 1 aromatic carbocycles. The normalized spacial score (nSPS) is 21.2. The van der Waals surface area contributed by atoms with E-state index in [4.69, 9.17) is 4.74 Å². The Morgan fingerprint density at radius 1 is 1.50 bits per heavy atom. The summed E-state index contributed by atoms with van der Waals surface area (Å²) in [4.78, 5) is 0. The van der Waals surface area contributed by atoms with Crippen LogP contribution >= 0.6 is 0 Å². The van der Waals surface area contributed by atoms with Crippen LogP contribution in [-0.2, 0) is 11.2 Å². The molecule has 1 aliphatic rings. The lowest BCUT2D eigenvalue weighted by atomic mass is 9.93. The lowest BCUT2D eigenvalue weighted by molar-refractivity contribution is 0.0402. The molecule has 4 nitrogen and oxygen atoms in total. The number of methoxy groups -OCH3 is 1. The minimum atomic E-state index is -0.771. The maximum Gasteiger partial charge on any atom is 0.0946 e. The number of para-hydroxylation sites is 1. The van der Waals surface area contributed by atoms with E-state index in [1.807, 2.05) is 19.1 Å².